The third-order valence-corrected chi connectivity index (χ3v) is 3.76. The van der Waals surface area contributed by atoms with Crippen LogP contribution in [0.1, 0.15) is 23.7 Å². The molecule has 1 aromatic carbocycles. The lowest BCUT2D eigenvalue weighted by Crippen LogP contribution is -2.25. The lowest BCUT2D eigenvalue weighted by molar-refractivity contribution is -0.384. The number of hydrogen-bond acceptors (Lipinski definition) is 4. The third-order valence-electron chi connectivity index (χ3n) is 2.37. The molecule has 0 saturated heterocycles. The minimum absolute atomic E-state index is 0.118. The molecule has 1 amide bonds. The number of rotatable bonds is 7. The number of hydrogen-bond donors (Lipinski definition) is 1. The summed E-state index contributed by atoms with van der Waals surface area (Å²) in [7, 11) is 0. The molecule has 0 heterocycles. The fourth-order valence-corrected chi connectivity index (χ4v) is 2.37. The van der Waals surface area contributed by atoms with Crippen LogP contribution in [0.3, 0.4) is 0 Å². The van der Waals surface area contributed by atoms with Crippen LogP contribution in [-0.2, 0) is 0 Å². The molecule has 0 aliphatic carbocycles. The van der Waals surface area contributed by atoms with Crippen LogP contribution in [0.25, 0.3) is 0 Å². The maximum atomic E-state index is 11.8. The largest absolute Gasteiger partial charge is 0.352 e. The van der Waals surface area contributed by atoms with E-state index in [0.29, 0.717) is 6.54 Å². The fraction of sp³-hybridized carbons (Fsp3) is 0.417. The summed E-state index contributed by atoms with van der Waals surface area (Å²) in [4.78, 5) is 22.0. The maximum absolute atomic E-state index is 11.8. The van der Waals surface area contributed by atoms with Gasteiger partial charge in [-0.3, -0.25) is 14.9 Å². The van der Waals surface area contributed by atoms with Crippen molar-refractivity contribution in [1.29, 1.82) is 0 Å². The molecule has 0 aliphatic heterocycles. The van der Waals surface area contributed by atoms with Gasteiger partial charge in [-0.2, -0.15) is 11.8 Å². The van der Waals surface area contributed by atoms with Crippen molar-refractivity contribution in [1.82, 2.24) is 5.32 Å². The van der Waals surface area contributed by atoms with E-state index in [4.69, 9.17) is 11.6 Å². The zero-order valence-corrected chi connectivity index (χ0v) is 12.1. The minimum atomic E-state index is -0.600. The van der Waals surface area contributed by atoms with Gasteiger partial charge >= 0.3 is 0 Å². The number of thioether (sulfide) groups is 1. The first-order valence-corrected chi connectivity index (χ1v) is 7.40. The van der Waals surface area contributed by atoms with E-state index in [1.165, 1.54) is 18.2 Å². The van der Waals surface area contributed by atoms with Gasteiger partial charge in [0.15, 0.2) is 0 Å². The van der Waals surface area contributed by atoms with E-state index in [1.807, 2.05) is 0 Å². The van der Waals surface area contributed by atoms with E-state index < -0.39 is 4.92 Å². The monoisotopic (exact) mass is 302 g/mol. The van der Waals surface area contributed by atoms with Crippen LogP contribution in [0.2, 0.25) is 5.02 Å². The van der Waals surface area contributed by atoms with Gasteiger partial charge in [0.1, 0.15) is 5.02 Å². The highest BCUT2D eigenvalue weighted by atomic mass is 35.5. The molecule has 104 valence electrons. The molecule has 5 nitrogen and oxygen atoms in total. The van der Waals surface area contributed by atoms with Gasteiger partial charge in [-0.1, -0.05) is 24.6 Å². The Morgan fingerprint density at radius 1 is 1.53 bits per heavy atom. The fourth-order valence-electron chi connectivity index (χ4n) is 1.45. The molecule has 0 aromatic heterocycles. The normalized spacial score (nSPS) is 10.2. The first-order chi connectivity index (χ1) is 9.07. The summed E-state index contributed by atoms with van der Waals surface area (Å²) in [5, 5.41) is 13.3. The van der Waals surface area contributed by atoms with Crippen LogP contribution in [-0.4, -0.2) is 28.9 Å². The number of amides is 1. The molecule has 1 rings (SSSR count). The van der Waals surface area contributed by atoms with E-state index in [1.54, 1.807) is 11.8 Å². The second-order valence-corrected chi connectivity index (χ2v) is 5.47. The second kappa shape index (κ2) is 8.01. The quantitative estimate of drug-likeness (QED) is 0.477. The molecule has 0 saturated carbocycles. The number of nitrogens with zero attached hydrogens (tertiary/aromatic N) is 1. The van der Waals surface area contributed by atoms with Gasteiger partial charge in [0.05, 0.1) is 10.5 Å². The molecular formula is C12H15ClN2O3S. The first kappa shape index (κ1) is 15.8. The maximum Gasteiger partial charge on any atom is 0.288 e. The van der Waals surface area contributed by atoms with Gasteiger partial charge in [0.25, 0.3) is 11.6 Å². The Hall–Kier alpha value is -1.27. The number of nitro groups is 1. The molecule has 0 atom stereocenters. The van der Waals surface area contributed by atoms with Gasteiger partial charge < -0.3 is 5.32 Å². The molecule has 0 aliphatic rings. The summed E-state index contributed by atoms with van der Waals surface area (Å²) in [6.45, 7) is 2.61. The van der Waals surface area contributed by atoms with E-state index in [0.717, 1.165) is 17.9 Å². The summed E-state index contributed by atoms with van der Waals surface area (Å²) < 4.78 is 0. The van der Waals surface area contributed by atoms with Crippen molar-refractivity contribution in [2.75, 3.05) is 18.1 Å². The Morgan fingerprint density at radius 2 is 2.26 bits per heavy atom. The molecule has 0 unspecified atom stereocenters. The van der Waals surface area contributed by atoms with Gasteiger partial charge in [-0.05, 0) is 24.0 Å². The topological polar surface area (TPSA) is 72.2 Å². The van der Waals surface area contributed by atoms with Gasteiger partial charge in [-0.15, -0.1) is 0 Å². The van der Waals surface area contributed by atoms with E-state index in [-0.39, 0.29) is 22.2 Å². The Kier molecular flexibility index (Phi) is 6.66. The number of carbonyl (C=O) groups is 1. The molecule has 1 N–H and O–H groups in total. The summed E-state index contributed by atoms with van der Waals surface area (Å²) in [5.41, 5.74) is -0.116. The Labute approximate surface area is 120 Å². The predicted molar refractivity (Wildman–Crippen MR) is 78.1 cm³/mol. The molecule has 0 radical (unpaired) electrons. The average Bonchev–Trinajstić information content (AvgIpc) is 2.38. The van der Waals surface area contributed by atoms with Crippen molar-refractivity contribution < 1.29 is 9.72 Å². The van der Waals surface area contributed by atoms with Crippen molar-refractivity contribution in [2.45, 2.75) is 13.3 Å². The van der Waals surface area contributed by atoms with Crippen LogP contribution >= 0.6 is 23.4 Å². The molecule has 0 fully saturated rings. The van der Waals surface area contributed by atoms with Crippen LogP contribution in [0.15, 0.2) is 18.2 Å². The summed E-state index contributed by atoms with van der Waals surface area (Å²) in [6.07, 6.45) is 0.858. The standard InChI is InChI=1S/C12H15ClN2O3S/c1-2-19-8-4-7-14-12(16)9-5-3-6-10(11(9)13)15(17)18/h3,5-6H,2,4,7-8H2,1H3,(H,14,16). The lowest BCUT2D eigenvalue weighted by Gasteiger charge is -2.06. The predicted octanol–water partition coefficient (Wildman–Crippen LogP) is 3.12. The summed E-state index contributed by atoms with van der Waals surface area (Å²) >= 11 is 7.65. The summed E-state index contributed by atoms with van der Waals surface area (Å²) in [5.74, 6) is 1.64. The minimum Gasteiger partial charge on any atom is -0.352 e. The number of benzene rings is 1. The zero-order valence-electron chi connectivity index (χ0n) is 10.5. The van der Waals surface area contributed by atoms with Crippen LogP contribution in [0, 0.1) is 10.1 Å². The average molecular weight is 303 g/mol. The van der Waals surface area contributed by atoms with Crippen molar-refractivity contribution >= 4 is 35.0 Å². The first-order valence-electron chi connectivity index (χ1n) is 5.86. The van der Waals surface area contributed by atoms with Gasteiger partial charge in [-0.25, -0.2) is 0 Å². The van der Waals surface area contributed by atoms with Crippen molar-refractivity contribution in [3.63, 3.8) is 0 Å². The highest BCUT2D eigenvalue weighted by Gasteiger charge is 2.19. The molecule has 1 aromatic rings. The second-order valence-electron chi connectivity index (χ2n) is 3.70. The van der Waals surface area contributed by atoms with Gasteiger partial charge in [0, 0.05) is 12.6 Å². The lowest BCUT2D eigenvalue weighted by atomic mass is 10.2. The molecule has 0 spiro atoms. The van der Waals surface area contributed by atoms with Crippen molar-refractivity contribution in [3.8, 4) is 0 Å². The van der Waals surface area contributed by atoms with Gasteiger partial charge in [0.2, 0.25) is 0 Å². The van der Waals surface area contributed by atoms with Crippen molar-refractivity contribution in [3.05, 3.63) is 38.9 Å². The molecule has 0 bridgehead atoms. The molecule has 7 heteroatoms. The zero-order chi connectivity index (χ0) is 14.3. The number of carbonyl (C=O) groups excluding carboxylic acids is 1. The summed E-state index contributed by atoms with van der Waals surface area (Å²) in [6, 6.07) is 4.20. The Bertz CT molecular complexity index is 468. The smallest absolute Gasteiger partial charge is 0.288 e. The van der Waals surface area contributed by atoms with Crippen LogP contribution < -0.4 is 5.32 Å². The highest BCUT2D eigenvalue weighted by Crippen LogP contribution is 2.27. The van der Waals surface area contributed by atoms with E-state index in [2.05, 4.69) is 12.2 Å². The van der Waals surface area contributed by atoms with Crippen LogP contribution in [0.4, 0.5) is 5.69 Å². The number of nitro benzene ring substituents is 1. The molecular weight excluding hydrogens is 288 g/mol. The van der Waals surface area contributed by atoms with Crippen LogP contribution in [0.5, 0.6) is 0 Å². The van der Waals surface area contributed by atoms with E-state index >= 15 is 0 Å². The third kappa shape index (κ3) is 4.72. The Balaban J connectivity index is 2.62. The Morgan fingerprint density at radius 3 is 2.89 bits per heavy atom. The molecule has 19 heavy (non-hydrogen) atoms. The highest BCUT2D eigenvalue weighted by molar-refractivity contribution is 7.99. The van der Waals surface area contributed by atoms with E-state index in [9.17, 15) is 14.9 Å². The SMILES string of the molecule is CCSCCCNC(=O)c1cccc([N+](=O)[O-])c1Cl. The van der Waals surface area contributed by atoms with Crippen molar-refractivity contribution in [2.24, 2.45) is 0 Å². The number of halogens is 1. The number of nitrogens with one attached hydrogen (secondary N) is 1.